The zero-order valence-corrected chi connectivity index (χ0v) is 6.98. The van der Waals surface area contributed by atoms with Crippen molar-refractivity contribution in [3.05, 3.63) is 41.8 Å². The van der Waals surface area contributed by atoms with Gasteiger partial charge in [-0.15, -0.1) is 0 Å². The Morgan fingerprint density at radius 3 is 2.67 bits per heavy atom. The summed E-state index contributed by atoms with van der Waals surface area (Å²) in [5, 5.41) is 0. The SMILES string of the molecule is CCC[CH]c1ccc(F)cc1F. The van der Waals surface area contributed by atoms with Gasteiger partial charge in [0.25, 0.3) is 0 Å². The third-order valence-electron chi connectivity index (χ3n) is 1.62. The van der Waals surface area contributed by atoms with Crippen molar-refractivity contribution >= 4 is 0 Å². The van der Waals surface area contributed by atoms with Gasteiger partial charge in [0.1, 0.15) is 11.6 Å². The molecule has 0 bridgehead atoms. The Morgan fingerprint density at radius 2 is 2.08 bits per heavy atom. The molecule has 65 valence electrons. The van der Waals surface area contributed by atoms with Gasteiger partial charge in [0.15, 0.2) is 0 Å². The lowest BCUT2D eigenvalue weighted by Crippen LogP contribution is -1.88. The van der Waals surface area contributed by atoms with Crippen LogP contribution in [0, 0.1) is 18.1 Å². The first-order valence-corrected chi connectivity index (χ1v) is 4.02. The summed E-state index contributed by atoms with van der Waals surface area (Å²) in [6.07, 6.45) is 3.56. The number of hydrogen-bond donors (Lipinski definition) is 0. The van der Waals surface area contributed by atoms with Crippen LogP contribution in [0.4, 0.5) is 8.78 Å². The summed E-state index contributed by atoms with van der Waals surface area (Å²) in [5.74, 6) is -1.01. The molecule has 0 saturated carbocycles. The Labute approximate surface area is 71.2 Å². The van der Waals surface area contributed by atoms with E-state index in [4.69, 9.17) is 0 Å². The first kappa shape index (κ1) is 9.17. The lowest BCUT2D eigenvalue weighted by atomic mass is 10.1. The lowest BCUT2D eigenvalue weighted by molar-refractivity contribution is 0.577. The molecule has 0 nitrogen and oxygen atoms in total. The molecule has 0 aliphatic rings. The summed E-state index contributed by atoms with van der Waals surface area (Å²) < 4.78 is 25.3. The lowest BCUT2D eigenvalue weighted by Gasteiger charge is -2.00. The van der Waals surface area contributed by atoms with Crippen molar-refractivity contribution in [1.29, 1.82) is 0 Å². The quantitative estimate of drug-likeness (QED) is 0.651. The van der Waals surface area contributed by atoms with Gasteiger partial charge in [-0.3, -0.25) is 0 Å². The van der Waals surface area contributed by atoms with Gasteiger partial charge in [-0.05, 0) is 24.5 Å². The third-order valence-corrected chi connectivity index (χ3v) is 1.62. The van der Waals surface area contributed by atoms with E-state index < -0.39 is 11.6 Å². The van der Waals surface area contributed by atoms with Gasteiger partial charge < -0.3 is 0 Å². The molecule has 1 radical (unpaired) electrons. The van der Waals surface area contributed by atoms with E-state index in [2.05, 4.69) is 0 Å². The average molecular weight is 169 g/mol. The summed E-state index contributed by atoms with van der Waals surface area (Å²) in [6, 6.07) is 3.63. The van der Waals surface area contributed by atoms with E-state index in [1.54, 1.807) is 6.42 Å². The van der Waals surface area contributed by atoms with Gasteiger partial charge in [0, 0.05) is 6.07 Å². The van der Waals surface area contributed by atoms with E-state index in [9.17, 15) is 8.78 Å². The molecule has 12 heavy (non-hydrogen) atoms. The van der Waals surface area contributed by atoms with Crippen molar-refractivity contribution in [2.45, 2.75) is 19.8 Å². The monoisotopic (exact) mass is 169 g/mol. The molecule has 0 spiro atoms. The Kier molecular flexibility index (Phi) is 3.20. The first-order chi connectivity index (χ1) is 5.74. The molecule has 0 heterocycles. The van der Waals surface area contributed by atoms with Crippen LogP contribution >= 0.6 is 0 Å². The largest absolute Gasteiger partial charge is 0.207 e. The Hall–Kier alpha value is -0.920. The van der Waals surface area contributed by atoms with Crippen molar-refractivity contribution in [1.82, 2.24) is 0 Å². The number of halogens is 2. The molecule has 0 aromatic heterocycles. The van der Waals surface area contributed by atoms with Crippen molar-refractivity contribution in [2.75, 3.05) is 0 Å². The van der Waals surface area contributed by atoms with Crippen LogP contribution < -0.4 is 0 Å². The summed E-state index contributed by atoms with van der Waals surface area (Å²) in [7, 11) is 0. The first-order valence-electron chi connectivity index (χ1n) is 4.02. The molecule has 0 aliphatic carbocycles. The number of rotatable bonds is 3. The highest BCUT2D eigenvalue weighted by Crippen LogP contribution is 2.13. The Bertz CT molecular complexity index is 256. The van der Waals surface area contributed by atoms with Crippen LogP contribution in [-0.2, 0) is 0 Å². The minimum atomic E-state index is -0.527. The zero-order valence-electron chi connectivity index (χ0n) is 6.98. The number of benzene rings is 1. The maximum absolute atomic E-state index is 12.9. The van der Waals surface area contributed by atoms with E-state index >= 15 is 0 Å². The molecule has 2 heteroatoms. The molecule has 0 saturated heterocycles. The maximum Gasteiger partial charge on any atom is 0.129 e. The second kappa shape index (κ2) is 4.19. The van der Waals surface area contributed by atoms with Crippen LogP contribution in [0.3, 0.4) is 0 Å². The molecule has 0 amide bonds. The van der Waals surface area contributed by atoms with Gasteiger partial charge in [-0.2, -0.15) is 0 Å². The van der Waals surface area contributed by atoms with E-state index in [0.29, 0.717) is 5.56 Å². The summed E-state index contributed by atoms with van der Waals surface area (Å²) >= 11 is 0. The summed E-state index contributed by atoms with van der Waals surface area (Å²) in [4.78, 5) is 0. The zero-order chi connectivity index (χ0) is 8.97. The second-order valence-electron chi connectivity index (χ2n) is 2.66. The van der Waals surface area contributed by atoms with Crippen LogP contribution in [-0.4, -0.2) is 0 Å². The van der Waals surface area contributed by atoms with Crippen molar-refractivity contribution < 1.29 is 8.78 Å². The molecule has 1 rings (SSSR count). The van der Waals surface area contributed by atoms with Gasteiger partial charge in [0.2, 0.25) is 0 Å². The molecular weight excluding hydrogens is 158 g/mol. The van der Waals surface area contributed by atoms with Gasteiger partial charge in [0.05, 0.1) is 0 Å². The van der Waals surface area contributed by atoms with Crippen LogP contribution in [0.2, 0.25) is 0 Å². The van der Waals surface area contributed by atoms with E-state index in [1.807, 2.05) is 6.92 Å². The average Bonchev–Trinajstić information content (AvgIpc) is 2.03. The van der Waals surface area contributed by atoms with Crippen molar-refractivity contribution in [3.63, 3.8) is 0 Å². The minimum Gasteiger partial charge on any atom is -0.207 e. The topological polar surface area (TPSA) is 0 Å². The molecule has 0 unspecified atom stereocenters. The molecule has 1 aromatic rings. The Morgan fingerprint density at radius 1 is 1.33 bits per heavy atom. The Balaban J connectivity index is 2.72. The van der Waals surface area contributed by atoms with Crippen molar-refractivity contribution in [3.8, 4) is 0 Å². The number of unbranched alkanes of at least 4 members (excludes halogenated alkanes) is 1. The normalized spacial score (nSPS) is 10.2. The maximum atomic E-state index is 12.9. The van der Waals surface area contributed by atoms with Gasteiger partial charge in [-0.1, -0.05) is 19.4 Å². The molecule has 0 N–H and O–H groups in total. The van der Waals surface area contributed by atoms with E-state index in [-0.39, 0.29) is 0 Å². The fraction of sp³-hybridized carbons (Fsp3) is 0.300. The van der Waals surface area contributed by atoms with Crippen LogP contribution in [0.5, 0.6) is 0 Å². The molecule has 1 aromatic carbocycles. The van der Waals surface area contributed by atoms with E-state index in [0.717, 1.165) is 18.9 Å². The van der Waals surface area contributed by atoms with Crippen molar-refractivity contribution in [2.24, 2.45) is 0 Å². The molecule has 0 atom stereocenters. The van der Waals surface area contributed by atoms with Crippen LogP contribution in [0.1, 0.15) is 25.3 Å². The van der Waals surface area contributed by atoms with E-state index in [1.165, 1.54) is 12.1 Å². The fourth-order valence-corrected chi connectivity index (χ4v) is 0.967. The second-order valence-corrected chi connectivity index (χ2v) is 2.66. The van der Waals surface area contributed by atoms with Crippen LogP contribution in [0.15, 0.2) is 18.2 Å². The highest BCUT2D eigenvalue weighted by Gasteiger charge is 2.02. The summed E-state index contributed by atoms with van der Waals surface area (Å²) in [5.41, 5.74) is 0.484. The fourth-order valence-electron chi connectivity index (χ4n) is 0.967. The molecule has 0 fully saturated rings. The minimum absolute atomic E-state index is 0.483. The number of hydrogen-bond acceptors (Lipinski definition) is 0. The van der Waals surface area contributed by atoms with Gasteiger partial charge in [-0.25, -0.2) is 8.78 Å². The third kappa shape index (κ3) is 2.29. The smallest absolute Gasteiger partial charge is 0.129 e. The molecular formula is C10H11F2. The van der Waals surface area contributed by atoms with Gasteiger partial charge >= 0.3 is 0 Å². The predicted octanol–water partition coefficient (Wildman–Crippen LogP) is 3.32. The summed E-state index contributed by atoms with van der Waals surface area (Å²) in [6.45, 7) is 2.01. The highest BCUT2D eigenvalue weighted by atomic mass is 19.1. The standard InChI is InChI=1S/C10H11F2/c1-2-3-4-8-5-6-9(11)7-10(8)12/h4-7H,2-3H2,1H3. The molecule has 0 aliphatic heterocycles. The highest BCUT2D eigenvalue weighted by molar-refractivity contribution is 5.25. The predicted molar refractivity (Wildman–Crippen MR) is 44.7 cm³/mol. The van der Waals surface area contributed by atoms with Crippen LogP contribution in [0.25, 0.3) is 0 Å².